The first-order valence-electron chi connectivity index (χ1n) is 13.0. The number of hydrogen-bond donors (Lipinski definition) is 2. The first-order chi connectivity index (χ1) is 21.2. The van der Waals surface area contributed by atoms with Crippen molar-refractivity contribution in [3.8, 4) is 34.6 Å². The van der Waals surface area contributed by atoms with Gasteiger partial charge in [0.25, 0.3) is 15.9 Å². The Morgan fingerprint density at radius 1 is 1.07 bits per heavy atom. The first kappa shape index (κ1) is 30.4. The molecule has 16 heteroatoms. The highest BCUT2D eigenvalue weighted by Gasteiger charge is 2.25. The fraction of sp³-hybridized carbons (Fsp3) is 0.214. The lowest BCUT2D eigenvalue weighted by atomic mass is 10.3. The number of ether oxygens (including phenoxy) is 6. The summed E-state index contributed by atoms with van der Waals surface area (Å²) in [4.78, 5) is 20.3. The van der Waals surface area contributed by atoms with Crippen LogP contribution in [0.5, 0.6) is 34.6 Å². The molecule has 0 atom stereocenters. The van der Waals surface area contributed by atoms with Crippen LogP contribution in [0.25, 0.3) is 0 Å². The number of methoxy groups -OCH3 is 1. The number of carbonyl (C=O) groups excluding carboxylic acids is 1. The van der Waals surface area contributed by atoms with Crippen molar-refractivity contribution in [2.75, 3.05) is 43.6 Å². The molecule has 0 unspecified atom stereocenters. The van der Waals surface area contributed by atoms with Gasteiger partial charge in [0.15, 0.2) is 29.7 Å². The normalized spacial score (nSPS) is 12.2. The van der Waals surface area contributed by atoms with Crippen LogP contribution in [0, 0.1) is 0 Å². The van der Waals surface area contributed by atoms with Gasteiger partial charge in [-0.2, -0.15) is 4.98 Å². The van der Waals surface area contributed by atoms with E-state index in [1.54, 1.807) is 29.0 Å². The number of sulfonamides is 1. The van der Waals surface area contributed by atoms with Crippen LogP contribution in [0.3, 0.4) is 0 Å². The van der Waals surface area contributed by atoms with E-state index in [2.05, 4.69) is 20.0 Å². The number of hydrogen-bond acceptors (Lipinski definition) is 11. The van der Waals surface area contributed by atoms with E-state index in [9.17, 15) is 13.2 Å². The molecule has 2 N–H and O–H groups in total. The van der Waals surface area contributed by atoms with E-state index in [1.165, 1.54) is 37.4 Å². The molecule has 44 heavy (non-hydrogen) atoms. The van der Waals surface area contributed by atoms with Crippen LogP contribution < -0.4 is 38.3 Å². The lowest BCUT2D eigenvalue weighted by Gasteiger charge is -2.19. The highest BCUT2D eigenvalue weighted by molar-refractivity contribution is 7.92. The zero-order chi connectivity index (χ0) is 31.1. The Morgan fingerprint density at radius 2 is 1.89 bits per heavy atom. The molecule has 3 heterocycles. The summed E-state index contributed by atoms with van der Waals surface area (Å²) in [6.07, 6.45) is 3.91. The standard InChI is InChI=1S/C28H26ClN5O9S/c1-34-9-3-4-18(16-34)32-28(35)42-13-12-41-27-25(43-23-14-19(38-2)5-7-21(23)29)26(30-17-31-27)33-44(36,37)20-6-8-22-24(15-20)40-11-10-39-22/h3-9,14-17H,10-13H2,1-2H3,(H-,30,31,32,33,35)/p+1. The molecular weight excluding hydrogens is 618 g/mol. The van der Waals surface area contributed by atoms with Crippen LogP contribution in [0.2, 0.25) is 5.02 Å². The molecule has 0 bridgehead atoms. The molecule has 0 radical (unpaired) electrons. The van der Waals surface area contributed by atoms with Gasteiger partial charge in [-0.05, 0) is 30.3 Å². The van der Waals surface area contributed by atoms with Gasteiger partial charge < -0.3 is 28.4 Å². The maximum Gasteiger partial charge on any atom is 0.411 e. The maximum atomic E-state index is 13.4. The van der Waals surface area contributed by atoms with E-state index in [0.29, 0.717) is 23.8 Å². The largest absolute Gasteiger partial charge is 0.497 e. The van der Waals surface area contributed by atoms with Gasteiger partial charge in [0.05, 0.1) is 17.0 Å². The molecule has 0 spiro atoms. The van der Waals surface area contributed by atoms with Crippen molar-refractivity contribution in [3.63, 3.8) is 0 Å². The lowest BCUT2D eigenvalue weighted by molar-refractivity contribution is -0.670. The predicted octanol–water partition coefficient (Wildman–Crippen LogP) is 3.95. The minimum atomic E-state index is -4.22. The Kier molecular flexibility index (Phi) is 9.35. The van der Waals surface area contributed by atoms with Gasteiger partial charge in [-0.25, -0.2) is 22.8 Å². The molecule has 0 fully saturated rings. The summed E-state index contributed by atoms with van der Waals surface area (Å²) >= 11 is 6.35. The molecule has 2 aromatic carbocycles. The number of aryl methyl sites for hydroxylation is 1. The molecule has 4 aromatic rings. The molecule has 2 aromatic heterocycles. The van der Waals surface area contributed by atoms with E-state index in [4.69, 9.17) is 40.0 Å². The topological polar surface area (TPSA) is 160 Å². The van der Waals surface area contributed by atoms with Crippen LogP contribution >= 0.6 is 11.6 Å². The van der Waals surface area contributed by atoms with Crippen molar-refractivity contribution in [3.05, 3.63) is 72.3 Å². The molecule has 1 aliphatic heterocycles. The number of benzene rings is 2. The number of aromatic nitrogens is 3. The molecule has 0 saturated carbocycles. The molecule has 14 nitrogen and oxygen atoms in total. The summed E-state index contributed by atoms with van der Waals surface area (Å²) in [7, 11) is -0.938. The SMILES string of the molecule is COc1ccc(Cl)c(Oc2c(NS(=O)(=O)c3ccc4c(c3)OCCO4)ncnc2OCCOC(=O)Nc2ccc[n+](C)c2)c1. The van der Waals surface area contributed by atoms with Crippen molar-refractivity contribution in [2.45, 2.75) is 4.90 Å². The highest BCUT2D eigenvalue weighted by Crippen LogP contribution is 2.41. The predicted molar refractivity (Wildman–Crippen MR) is 156 cm³/mol. The second-order valence-electron chi connectivity index (χ2n) is 9.03. The third-order valence-electron chi connectivity index (χ3n) is 5.92. The number of amides is 1. The number of nitrogens with zero attached hydrogens (tertiary/aromatic N) is 3. The fourth-order valence-corrected chi connectivity index (χ4v) is 5.07. The molecule has 1 amide bonds. The van der Waals surface area contributed by atoms with Crippen molar-refractivity contribution in [2.24, 2.45) is 7.05 Å². The van der Waals surface area contributed by atoms with Gasteiger partial charge in [-0.3, -0.25) is 10.0 Å². The Labute approximate surface area is 257 Å². The number of anilines is 2. The van der Waals surface area contributed by atoms with E-state index >= 15 is 0 Å². The van der Waals surface area contributed by atoms with Gasteiger partial charge in [0.2, 0.25) is 5.75 Å². The van der Waals surface area contributed by atoms with Crippen molar-refractivity contribution >= 4 is 39.2 Å². The van der Waals surface area contributed by atoms with Crippen molar-refractivity contribution in [1.82, 2.24) is 9.97 Å². The summed E-state index contributed by atoms with van der Waals surface area (Å²) in [6, 6.07) is 12.3. The molecule has 5 rings (SSSR count). The van der Waals surface area contributed by atoms with E-state index < -0.39 is 16.1 Å². The smallest absolute Gasteiger partial charge is 0.411 e. The fourth-order valence-electron chi connectivity index (χ4n) is 3.89. The maximum absolute atomic E-state index is 13.4. The minimum absolute atomic E-state index is 0.108. The average molecular weight is 645 g/mol. The Hall–Kier alpha value is -5.02. The third-order valence-corrected chi connectivity index (χ3v) is 7.57. The number of rotatable bonds is 11. The summed E-state index contributed by atoms with van der Waals surface area (Å²) in [5.41, 5.74) is 0.539. The Balaban J connectivity index is 1.36. The number of halogens is 1. The summed E-state index contributed by atoms with van der Waals surface area (Å²) < 4.78 is 64.1. The third kappa shape index (κ3) is 7.48. The second kappa shape index (κ2) is 13.5. The van der Waals surface area contributed by atoms with Crippen molar-refractivity contribution in [1.29, 1.82) is 0 Å². The molecular formula is C28H27ClN5O9S+. The van der Waals surface area contributed by atoms with E-state index in [0.717, 1.165) is 6.33 Å². The Bertz CT molecular complexity index is 1770. The van der Waals surface area contributed by atoms with Gasteiger partial charge in [-0.1, -0.05) is 11.6 Å². The monoisotopic (exact) mass is 644 g/mol. The van der Waals surface area contributed by atoms with Gasteiger partial charge in [-0.15, -0.1) is 0 Å². The van der Waals surface area contributed by atoms with Gasteiger partial charge in [0.1, 0.15) is 57.0 Å². The van der Waals surface area contributed by atoms with Crippen LogP contribution in [0.1, 0.15) is 0 Å². The number of nitrogens with one attached hydrogen (secondary N) is 2. The first-order valence-corrected chi connectivity index (χ1v) is 14.9. The quantitative estimate of drug-likeness (QED) is 0.180. The summed E-state index contributed by atoms with van der Waals surface area (Å²) in [5.74, 6) is 0.641. The van der Waals surface area contributed by atoms with Gasteiger partial charge in [0, 0.05) is 18.2 Å². The number of fused-ring (bicyclic) bond motifs is 1. The molecule has 0 saturated heterocycles. The number of pyridine rings is 1. The highest BCUT2D eigenvalue weighted by atomic mass is 35.5. The number of carbonyl (C=O) groups is 1. The van der Waals surface area contributed by atoms with E-state index in [1.807, 2.05) is 13.2 Å². The van der Waals surface area contributed by atoms with E-state index in [-0.39, 0.29) is 58.7 Å². The zero-order valence-corrected chi connectivity index (χ0v) is 25.1. The zero-order valence-electron chi connectivity index (χ0n) is 23.5. The van der Waals surface area contributed by atoms with Crippen LogP contribution in [-0.2, 0) is 21.8 Å². The Morgan fingerprint density at radius 3 is 2.68 bits per heavy atom. The molecule has 230 valence electrons. The average Bonchev–Trinajstić information content (AvgIpc) is 3.01. The lowest BCUT2D eigenvalue weighted by Crippen LogP contribution is -2.27. The second-order valence-corrected chi connectivity index (χ2v) is 11.1. The van der Waals surface area contributed by atoms with Crippen LogP contribution in [0.15, 0.2) is 72.1 Å². The molecule has 1 aliphatic rings. The molecule has 0 aliphatic carbocycles. The van der Waals surface area contributed by atoms with Crippen LogP contribution in [-0.4, -0.2) is 58.0 Å². The van der Waals surface area contributed by atoms with Gasteiger partial charge >= 0.3 is 6.09 Å². The van der Waals surface area contributed by atoms with Crippen molar-refractivity contribution < 1.29 is 46.2 Å². The summed E-state index contributed by atoms with van der Waals surface area (Å²) in [6.45, 7) is 0.304. The summed E-state index contributed by atoms with van der Waals surface area (Å²) in [5, 5.41) is 2.79. The van der Waals surface area contributed by atoms with Crippen LogP contribution in [0.4, 0.5) is 16.3 Å². The minimum Gasteiger partial charge on any atom is -0.497 e.